The summed E-state index contributed by atoms with van der Waals surface area (Å²) in [5.74, 6) is -0.458. The molecule has 92 valence electrons. The average molecular weight is 239 g/mol. The van der Waals surface area contributed by atoms with Gasteiger partial charge in [-0.05, 0) is 17.7 Å². The van der Waals surface area contributed by atoms with Crippen molar-refractivity contribution in [2.24, 2.45) is 0 Å². The molecule has 17 heavy (non-hydrogen) atoms. The van der Waals surface area contributed by atoms with Gasteiger partial charge in [0.2, 0.25) is 5.91 Å². The lowest BCUT2D eigenvalue weighted by atomic mass is 10.1. The van der Waals surface area contributed by atoms with Gasteiger partial charge in [-0.3, -0.25) is 4.79 Å². The molecule has 1 aromatic rings. The van der Waals surface area contributed by atoms with Crippen LogP contribution in [0.15, 0.2) is 24.3 Å². The van der Waals surface area contributed by atoms with Crippen LogP contribution in [0.3, 0.4) is 0 Å². The molecular weight excluding hydrogens is 225 g/mol. The topological polar surface area (TPSA) is 49.8 Å². The van der Waals surface area contributed by atoms with Gasteiger partial charge in [0, 0.05) is 6.54 Å². The summed E-state index contributed by atoms with van der Waals surface area (Å²) in [6, 6.07) is 5.66. The van der Waals surface area contributed by atoms with E-state index in [0.717, 1.165) is 5.56 Å². The third-order valence-electron chi connectivity index (χ3n) is 2.77. The average Bonchev–Trinajstić information content (AvgIpc) is 2.34. The van der Waals surface area contributed by atoms with E-state index in [2.05, 4.69) is 0 Å². The molecule has 0 aromatic heterocycles. The van der Waals surface area contributed by atoms with Crippen LogP contribution in [0.4, 0.5) is 4.39 Å². The molecule has 0 saturated carbocycles. The lowest BCUT2D eigenvalue weighted by Gasteiger charge is -2.34. The maximum absolute atomic E-state index is 12.7. The van der Waals surface area contributed by atoms with E-state index in [1.165, 1.54) is 12.1 Å². The zero-order valence-electron chi connectivity index (χ0n) is 9.30. The predicted octanol–water partition coefficient (Wildman–Crippen LogP) is 0.545. The summed E-state index contributed by atoms with van der Waals surface area (Å²) in [4.78, 5) is 13.2. The van der Waals surface area contributed by atoms with Gasteiger partial charge in [0.15, 0.2) is 0 Å². The number of hydrogen-bond donors (Lipinski definition) is 1. The molecule has 1 aliphatic heterocycles. The summed E-state index contributed by atoms with van der Waals surface area (Å²) in [5, 5.41) is 9.17. The summed E-state index contributed by atoms with van der Waals surface area (Å²) in [6.07, 6.45) is 0. The van der Waals surface area contributed by atoms with Crippen molar-refractivity contribution < 1.29 is 19.0 Å². The predicted molar refractivity (Wildman–Crippen MR) is 58.6 cm³/mol. The van der Waals surface area contributed by atoms with Crippen molar-refractivity contribution in [3.63, 3.8) is 0 Å². The minimum absolute atomic E-state index is 0.0394. The molecule has 1 amide bonds. The number of nitrogens with zero attached hydrogens (tertiary/aromatic N) is 1. The molecule has 0 bridgehead atoms. The molecule has 5 heteroatoms. The van der Waals surface area contributed by atoms with E-state index in [4.69, 9.17) is 9.84 Å². The van der Waals surface area contributed by atoms with E-state index in [0.29, 0.717) is 13.2 Å². The first-order chi connectivity index (χ1) is 8.20. The quantitative estimate of drug-likeness (QED) is 0.837. The minimum atomic E-state index is -0.318. The standard InChI is InChI=1S/C12H14FNO3/c13-10-3-1-9(2-4-10)5-14-11(6-15)7-17-8-12(14)16/h1-4,11,15H,5-8H2. The number of hydrogen-bond acceptors (Lipinski definition) is 3. The lowest BCUT2D eigenvalue weighted by Crippen LogP contribution is -2.50. The fourth-order valence-electron chi connectivity index (χ4n) is 1.81. The Hall–Kier alpha value is -1.46. The van der Waals surface area contributed by atoms with Crippen LogP contribution in [0.1, 0.15) is 5.56 Å². The van der Waals surface area contributed by atoms with Gasteiger partial charge in [-0.2, -0.15) is 0 Å². The van der Waals surface area contributed by atoms with Crippen LogP contribution in [-0.2, 0) is 16.1 Å². The number of morpholine rings is 1. The van der Waals surface area contributed by atoms with Gasteiger partial charge in [0.1, 0.15) is 12.4 Å². The molecule has 1 saturated heterocycles. The summed E-state index contributed by atoms with van der Waals surface area (Å²) in [6.45, 7) is 0.613. The summed E-state index contributed by atoms with van der Waals surface area (Å²) in [7, 11) is 0. The first-order valence-electron chi connectivity index (χ1n) is 5.43. The number of aliphatic hydroxyl groups is 1. The number of ether oxygens (including phenoxy) is 1. The maximum atomic E-state index is 12.7. The molecular formula is C12H14FNO3. The Morgan fingerprint density at radius 2 is 2.12 bits per heavy atom. The Kier molecular flexibility index (Phi) is 3.71. The first kappa shape index (κ1) is 12.0. The fraction of sp³-hybridized carbons (Fsp3) is 0.417. The molecule has 1 heterocycles. The normalized spacial score (nSPS) is 20.7. The highest BCUT2D eigenvalue weighted by Crippen LogP contribution is 2.13. The molecule has 1 aromatic carbocycles. The van der Waals surface area contributed by atoms with Gasteiger partial charge >= 0.3 is 0 Å². The Morgan fingerprint density at radius 1 is 1.41 bits per heavy atom. The summed E-state index contributed by atoms with van der Waals surface area (Å²) in [5.41, 5.74) is 0.833. The lowest BCUT2D eigenvalue weighted by molar-refractivity contribution is -0.151. The third-order valence-corrected chi connectivity index (χ3v) is 2.77. The number of carbonyl (C=O) groups excluding carboxylic acids is 1. The van der Waals surface area contributed by atoms with E-state index in [1.807, 2.05) is 0 Å². The van der Waals surface area contributed by atoms with Gasteiger partial charge in [-0.1, -0.05) is 12.1 Å². The highest BCUT2D eigenvalue weighted by molar-refractivity contribution is 5.78. The van der Waals surface area contributed by atoms with Crippen molar-refractivity contribution in [2.75, 3.05) is 19.8 Å². The van der Waals surface area contributed by atoms with E-state index >= 15 is 0 Å². The van der Waals surface area contributed by atoms with Gasteiger partial charge in [0.25, 0.3) is 0 Å². The molecule has 1 aliphatic rings. The largest absolute Gasteiger partial charge is 0.394 e. The van der Waals surface area contributed by atoms with Crippen LogP contribution in [0.5, 0.6) is 0 Å². The second kappa shape index (κ2) is 5.25. The molecule has 4 nitrogen and oxygen atoms in total. The zero-order valence-corrected chi connectivity index (χ0v) is 9.30. The van der Waals surface area contributed by atoms with Crippen molar-refractivity contribution >= 4 is 5.91 Å². The Balaban J connectivity index is 2.09. The van der Waals surface area contributed by atoms with Crippen LogP contribution in [0.2, 0.25) is 0 Å². The summed E-state index contributed by atoms with van der Waals surface area (Å²) >= 11 is 0. The monoisotopic (exact) mass is 239 g/mol. The molecule has 0 spiro atoms. The van der Waals surface area contributed by atoms with Crippen molar-refractivity contribution in [1.82, 2.24) is 4.90 Å². The Labute approximate surface area is 98.6 Å². The number of carbonyl (C=O) groups is 1. The molecule has 1 N–H and O–H groups in total. The van der Waals surface area contributed by atoms with E-state index in [-0.39, 0.29) is 31.0 Å². The molecule has 1 atom stereocenters. The highest BCUT2D eigenvalue weighted by atomic mass is 19.1. The molecule has 0 aliphatic carbocycles. The second-order valence-electron chi connectivity index (χ2n) is 4.00. The number of aliphatic hydroxyl groups excluding tert-OH is 1. The molecule has 0 radical (unpaired) electrons. The van der Waals surface area contributed by atoms with Gasteiger partial charge in [-0.15, -0.1) is 0 Å². The number of rotatable bonds is 3. The second-order valence-corrected chi connectivity index (χ2v) is 4.00. The van der Waals surface area contributed by atoms with Crippen LogP contribution in [0, 0.1) is 5.82 Å². The van der Waals surface area contributed by atoms with Crippen LogP contribution in [-0.4, -0.2) is 41.8 Å². The van der Waals surface area contributed by atoms with Crippen molar-refractivity contribution in [2.45, 2.75) is 12.6 Å². The van der Waals surface area contributed by atoms with Crippen LogP contribution < -0.4 is 0 Å². The van der Waals surface area contributed by atoms with Crippen LogP contribution >= 0.6 is 0 Å². The van der Waals surface area contributed by atoms with E-state index in [1.54, 1.807) is 17.0 Å². The SMILES string of the molecule is O=C1COCC(CO)N1Cc1ccc(F)cc1. The fourth-order valence-corrected chi connectivity index (χ4v) is 1.81. The van der Waals surface area contributed by atoms with E-state index in [9.17, 15) is 9.18 Å². The number of amides is 1. The number of halogens is 1. The third kappa shape index (κ3) is 2.81. The minimum Gasteiger partial charge on any atom is -0.394 e. The first-order valence-corrected chi connectivity index (χ1v) is 5.43. The van der Waals surface area contributed by atoms with Gasteiger partial charge in [0.05, 0.1) is 19.3 Å². The van der Waals surface area contributed by atoms with Crippen molar-refractivity contribution in [3.8, 4) is 0 Å². The van der Waals surface area contributed by atoms with Crippen molar-refractivity contribution in [3.05, 3.63) is 35.6 Å². The molecule has 2 rings (SSSR count). The number of benzene rings is 1. The smallest absolute Gasteiger partial charge is 0.249 e. The Bertz CT molecular complexity index is 393. The van der Waals surface area contributed by atoms with Gasteiger partial charge < -0.3 is 14.7 Å². The van der Waals surface area contributed by atoms with Crippen LogP contribution in [0.25, 0.3) is 0 Å². The van der Waals surface area contributed by atoms with Crippen molar-refractivity contribution in [1.29, 1.82) is 0 Å². The van der Waals surface area contributed by atoms with Gasteiger partial charge in [-0.25, -0.2) is 4.39 Å². The van der Waals surface area contributed by atoms with E-state index < -0.39 is 0 Å². The highest BCUT2D eigenvalue weighted by Gasteiger charge is 2.27. The zero-order chi connectivity index (χ0) is 12.3. The molecule has 1 fully saturated rings. The Morgan fingerprint density at radius 3 is 2.76 bits per heavy atom. The summed E-state index contributed by atoms with van der Waals surface area (Å²) < 4.78 is 17.8. The maximum Gasteiger partial charge on any atom is 0.249 e. The molecule has 1 unspecified atom stereocenters.